The largest absolute Gasteiger partial charge is 0.493 e. The highest BCUT2D eigenvalue weighted by Gasteiger charge is 2.23. The Hall–Kier alpha value is -3.92. The van der Waals surface area contributed by atoms with Crippen LogP contribution in [-0.2, 0) is 36.2 Å². The van der Waals surface area contributed by atoms with Crippen LogP contribution in [0.15, 0.2) is 102 Å². The number of methoxy groups -OCH3 is 1. The summed E-state index contributed by atoms with van der Waals surface area (Å²) in [7, 11) is -2.73. The first kappa shape index (κ1) is 29.1. The molecule has 40 heavy (non-hydrogen) atoms. The van der Waals surface area contributed by atoms with Crippen LogP contribution in [0.4, 0.5) is 0 Å². The highest BCUT2D eigenvalue weighted by atomic mass is 32.2. The Kier molecular flexibility index (Phi) is 10.1. The molecule has 2 N–H and O–H groups in total. The molecular weight excluding hydrogens is 546 g/mol. The van der Waals surface area contributed by atoms with Gasteiger partial charge in [-0.3, -0.25) is 0 Å². The molecule has 9 heteroatoms. The minimum atomic E-state index is -4.14. The highest BCUT2D eigenvalue weighted by molar-refractivity contribution is 7.87. The Labute approximate surface area is 240 Å². The second-order valence-electron chi connectivity index (χ2n) is 8.94. The molecule has 0 spiro atoms. The fourth-order valence-corrected chi connectivity index (χ4v) is 5.34. The van der Waals surface area contributed by atoms with Gasteiger partial charge < -0.3 is 24.1 Å². The van der Waals surface area contributed by atoms with Gasteiger partial charge in [-0.15, -0.1) is 0 Å². The summed E-state index contributed by atoms with van der Waals surface area (Å²) >= 11 is 5.56. The minimum absolute atomic E-state index is 0.00179. The van der Waals surface area contributed by atoms with Crippen molar-refractivity contribution in [2.75, 3.05) is 13.7 Å². The van der Waals surface area contributed by atoms with Crippen molar-refractivity contribution in [2.45, 2.75) is 31.0 Å². The SMILES string of the molecule is COc1ccc(CC(=S)NCCc2cccc(OCc3ccccc3)c2)c(CO)c1OS(=O)(=O)c1ccccc1. The molecule has 0 amide bonds. The van der Waals surface area contributed by atoms with Gasteiger partial charge in [-0.2, -0.15) is 8.42 Å². The number of aliphatic hydroxyl groups is 1. The van der Waals surface area contributed by atoms with Gasteiger partial charge in [-0.05, 0) is 53.4 Å². The molecule has 0 atom stereocenters. The summed E-state index contributed by atoms with van der Waals surface area (Å²) in [6.45, 7) is 0.641. The zero-order chi connectivity index (χ0) is 28.4. The van der Waals surface area contributed by atoms with Crippen molar-refractivity contribution < 1.29 is 27.2 Å². The molecule has 7 nitrogen and oxygen atoms in total. The maximum atomic E-state index is 12.9. The highest BCUT2D eigenvalue weighted by Crippen LogP contribution is 2.36. The van der Waals surface area contributed by atoms with E-state index < -0.39 is 16.7 Å². The summed E-state index contributed by atoms with van der Waals surface area (Å²) in [6, 6.07) is 29.1. The van der Waals surface area contributed by atoms with Gasteiger partial charge in [0, 0.05) is 18.5 Å². The van der Waals surface area contributed by atoms with Gasteiger partial charge in [0.25, 0.3) is 0 Å². The molecular formula is C31H31NO6S2. The third kappa shape index (κ3) is 7.81. The lowest BCUT2D eigenvalue weighted by molar-refractivity contribution is 0.275. The number of nitrogens with one attached hydrogen (secondary N) is 1. The molecule has 4 rings (SSSR count). The first-order valence-corrected chi connectivity index (χ1v) is 14.5. The van der Waals surface area contributed by atoms with Crippen molar-refractivity contribution in [3.8, 4) is 17.2 Å². The number of hydrogen-bond donors (Lipinski definition) is 2. The van der Waals surface area contributed by atoms with E-state index in [0.717, 1.165) is 23.3 Å². The lowest BCUT2D eigenvalue weighted by Crippen LogP contribution is -2.26. The summed E-state index contributed by atoms with van der Waals surface area (Å²) in [6.07, 6.45) is 1.01. The molecule has 4 aromatic rings. The smallest absolute Gasteiger partial charge is 0.339 e. The van der Waals surface area contributed by atoms with E-state index in [9.17, 15) is 13.5 Å². The summed E-state index contributed by atoms with van der Waals surface area (Å²) in [5, 5.41) is 13.4. The van der Waals surface area contributed by atoms with Crippen molar-refractivity contribution in [1.29, 1.82) is 0 Å². The van der Waals surface area contributed by atoms with Crippen LogP contribution in [0.2, 0.25) is 0 Å². The molecule has 0 saturated carbocycles. The van der Waals surface area contributed by atoms with E-state index in [4.69, 9.17) is 25.9 Å². The second kappa shape index (κ2) is 13.9. The predicted molar refractivity (Wildman–Crippen MR) is 158 cm³/mol. The van der Waals surface area contributed by atoms with Crippen LogP contribution in [0, 0.1) is 0 Å². The molecule has 208 valence electrons. The second-order valence-corrected chi connectivity index (χ2v) is 11.0. The number of thiocarbonyl (C=S) groups is 1. The van der Waals surface area contributed by atoms with Gasteiger partial charge in [0.05, 0.1) is 18.7 Å². The Morgan fingerprint density at radius 3 is 2.30 bits per heavy atom. The van der Waals surface area contributed by atoms with Crippen molar-refractivity contribution in [2.24, 2.45) is 0 Å². The van der Waals surface area contributed by atoms with E-state index in [-0.39, 0.29) is 22.8 Å². The molecule has 0 fully saturated rings. The van der Waals surface area contributed by atoms with Crippen LogP contribution in [0.5, 0.6) is 17.2 Å². The van der Waals surface area contributed by atoms with Gasteiger partial charge in [0.2, 0.25) is 0 Å². The monoisotopic (exact) mass is 577 g/mol. The third-order valence-corrected chi connectivity index (χ3v) is 7.68. The molecule has 0 bridgehead atoms. The van der Waals surface area contributed by atoms with Gasteiger partial charge >= 0.3 is 10.1 Å². The molecule has 4 aromatic carbocycles. The van der Waals surface area contributed by atoms with E-state index in [1.807, 2.05) is 54.6 Å². The van der Waals surface area contributed by atoms with Crippen molar-refractivity contribution in [3.63, 3.8) is 0 Å². The topological polar surface area (TPSA) is 94.1 Å². The first-order chi connectivity index (χ1) is 19.4. The van der Waals surface area contributed by atoms with Crippen molar-refractivity contribution >= 4 is 27.3 Å². The Balaban J connectivity index is 1.38. The van der Waals surface area contributed by atoms with Gasteiger partial charge in [0.1, 0.15) is 17.3 Å². The summed E-state index contributed by atoms with van der Waals surface area (Å²) in [4.78, 5) is 0.547. The van der Waals surface area contributed by atoms with Gasteiger partial charge in [-0.1, -0.05) is 78.9 Å². The lowest BCUT2D eigenvalue weighted by Gasteiger charge is -2.18. The molecule has 0 unspecified atom stereocenters. The maximum absolute atomic E-state index is 12.9. The van der Waals surface area contributed by atoms with Gasteiger partial charge in [-0.25, -0.2) is 0 Å². The van der Waals surface area contributed by atoms with Crippen LogP contribution in [0.25, 0.3) is 0 Å². The molecule has 0 aromatic heterocycles. The van der Waals surface area contributed by atoms with E-state index in [1.165, 1.54) is 19.2 Å². The molecule has 0 aliphatic rings. The van der Waals surface area contributed by atoms with Crippen LogP contribution in [0.1, 0.15) is 22.3 Å². The van der Waals surface area contributed by atoms with E-state index in [2.05, 4.69) is 5.32 Å². The van der Waals surface area contributed by atoms with Crippen LogP contribution in [-0.4, -0.2) is 32.2 Å². The number of ether oxygens (including phenoxy) is 2. The zero-order valence-corrected chi connectivity index (χ0v) is 23.7. The number of aliphatic hydroxyl groups excluding tert-OH is 1. The maximum Gasteiger partial charge on any atom is 0.339 e. The molecule has 0 aliphatic carbocycles. The Morgan fingerprint density at radius 1 is 0.900 bits per heavy atom. The van der Waals surface area contributed by atoms with E-state index in [1.54, 1.807) is 30.3 Å². The fraction of sp³-hybridized carbons (Fsp3) is 0.194. The summed E-state index contributed by atoms with van der Waals surface area (Å²) in [5.74, 6) is 0.940. The summed E-state index contributed by atoms with van der Waals surface area (Å²) < 4.78 is 42.5. The van der Waals surface area contributed by atoms with Crippen LogP contribution < -0.4 is 19.0 Å². The third-order valence-electron chi connectivity index (χ3n) is 6.16. The van der Waals surface area contributed by atoms with Crippen LogP contribution in [0.3, 0.4) is 0 Å². The number of rotatable bonds is 13. The lowest BCUT2D eigenvalue weighted by atomic mass is 10.0. The molecule has 0 heterocycles. The average molecular weight is 578 g/mol. The molecule has 0 radical (unpaired) electrons. The number of benzene rings is 4. The minimum Gasteiger partial charge on any atom is -0.493 e. The van der Waals surface area contributed by atoms with Gasteiger partial charge in [0.15, 0.2) is 11.5 Å². The molecule has 0 saturated heterocycles. The zero-order valence-electron chi connectivity index (χ0n) is 22.1. The Morgan fingerprint density at radius 2 is 1.60 bits per heavy atom. The van der Waals surface area contributed by atoms with E-state index in [0.29, 0.717) is 29.3 Å². The fourth-order valence-electron chi connectivity index (χ4n) is 4.10. The number of hydrogen-bond acceptors (Lipinski definition) is 7. The van der Waals surface area contributed by atoms with E-state index >= 15 is 0 Å². The molecule has 0 aliphatic heterocycles. The van der Waals surface area contributed by atoms with Crippen molar-refractivity contribution in [3.05, 3.63) is 119 Å². The van der Waals surface area contributed by atoms with Crippen molar-refractivity contribution in [1.82, 2.24) is 5.32 Å². The van der Waals surface area contributed by atoms with Crippen LogP contribution >= 0.6 is 12.2 Å². The standard InChI is InChI=1S/C31H31NO6S2/c1-36-29-16-15-25(28(21-33)31(29)38-40(34,35)27-13-6-3-7-14-27)20-30(39)32-18-17-23-11-8-12-26(19-23)37-22-24-9-4-2-5-10-24/h2-16,19,33H,17-18,20-22H2,1H3,(H,32,39). The Bertz CT molecular complexity index is 1530. The first-order valence-electron chi connectivity index (χ1n) is 12.7. The predicted octanol–water partition coefficient (Wildman–Crippen LogP) is 5.24. The normalized spacial score (nSPS) is 11.1. The quantitative estimate of drug-likeness (QED) is 0.165. The summed E-state index contributed by atoms with van der Waals surface area (Å²) in [5.41, 5.74) is 3.14. The average Bonchev–Trinajstić information content (AvgIpc) is 2.97.